The minimum absolute atomic E-state index is 0.0272. The predicted octanol–water partition coefficient (Wildman–Crippen LogP) is 2.36. The van der Waals surface area contributed by atoms with Gasteiger partial charge in [0, 0.05) is 19.3 Å². The Morgan fingerprint density at radius 3 is 2.70 bits per heavy atom. The fraction of sp³-hybridized carbons (Fsp3) is 0.412. The van der Waals surface area contributed by atoms with Crippen molar-refractivity contribution in [2.24, 2.45) is 5.92 Å². The molecule has 3 heterocycles. The van der Waals surface area contributed by atoms with Crippen molar-refractivity contribution >= 4 is 11.7 Å². The van der Waals surface area contributed by atoms with Gasteiger partial charge in [0.25, 0.3) is 5.91 Å². The molecule has 1 saturated heterocycles. The van der Waals surface area contributed by atoms with Gasteiger partial charge in [-0.1, -0.05) is 13.0 Å². The van der Waals surface area contributed by atoms with Crippen LogP contribution in [0.1, 0.15) is 35.9 Å². The molecule has 3 rings (SSSR count). The van der Waals surface area contributed by atoms with Crippen molar-refractivity contribution < 1.29 is 4.79 Å². The molecule has 1 amide bonds. The van der Waals surface area contributed by atoms with E-state index in [9.17, 15) is 4.79 Å². The van der Waals surface area contributed by atoms with Crippen molar-refractivity contribution in [1.82, 2.24) is 19.9 Å². The summed E-state index contributed by atoms with van der Waals surface area (Å²) in [6.45, 7) is 4.42. The Morgan fingerprint density at radius 2 is 2.04 bits per heavy atom. The van der Waals surface area contributed by atoms with Gasteiger partial charge in [0.1, 0.15) is 11.5 Å². The first-order valence-corrected chi connectivity index (χ1v) is 7.97. The van der Waals surface area contributed by atoms with E-state index in [4.69, 9.17) is 0 Å². The summed E-state index contributed by atoms with van der Waals surface area (Å²) in [6, 6.07) is 5.76. The highest BCUT2D eigenvalue weighted by Gasteiger charge is 2.22. The van der Waals surface area contributed by atoms with Crippen LogP contribution in [0.15, 0.2) is 36.8 Å². The van der Waals surface area contributed by atoms with Gasteiger partial charge < -0.3 is 10.2 Å². The van der Waals surface area contributed by atoms with E-state index in [0.29, 0.717) is 24.0 Å². The first-order chi connectivity index (χ1) is 11.2. The van der Waals surface area contributed by atoms with Gasteiger partial charge in [-0.3, -0.25) is 9.78 Å². The number of nitrogens with one attached hydrogen (secondary N) is 1. The molecule has 23 heavy (non-hydrogen) atoms. The zero-order valence-corrected chi connectivity index (χ0v) is 13.3. The molecule has 0 bridgehead atoms. The molecule has 6 nitrogen and oxygen atoms in total. The Balaban J connectivity index is 1.57. The first kappa shape index (κ1) is 15.4. The van der Waals surface area contributed by atoms with Crippen LogP contribution in [0.4, 0.5) is 5.82 Å². The number of rotatable bonds is 4. The Hall–Kier alpha value is -2.50. The number of likely N-dealkylation sites (tertiary alicyclic amines) is 1. The molecule has 2 aromatic heterocycles. The van der Waals surface area contributed by atoms with E-state index in [1.54, 1.807) is 18.6 Å². The van der Waals surface area contributed by atoms with Crippen molar-refractivity contribution in [3.63, 3.8) is 0 Å². The lowest BCUT2D eigenvalue weighted by molar-refractivity contribution is 0.0691. The summed E-state index contributed by atoms with van der Waals surface area (Å²) in [7, 11) is 0. The van der Waals surface area contributed by atoms with Gasteiger partial charge in [-0.05, 0) is 30.9 Å². The van der Waals surface area contributed by atoms with E-state index in [1.807, 2.05) is 23.1 Å². The third kappa shape index (κ3) is 4.03. The maximum atomic E-state index is 12.4. The van der Waals surface area contributed by atoms with Crippen LogP contribution in [0.5, 0.6) is 0 Å². The first-order valence-electron chi connectivity index (χ1n) is 7.97. The second kappa shape index (κ2) is 7.17. The Labute approximate surface area is 136 Å². The fourth-order valence-corrected chi connectivity index (χ4v) is 2.59. The van der Waals surface area contributed by atoms with Crippen LogP contribution in [0.25, 0.3) is 0 Å². The van der Waals surface area contributed by atoms with Crippen LogP contribution in [0.3, 0.4) is 0 Å². The lowest BCUT2D eigenvalue weighted by atomic mass is 9.99. The number of hydrogen-bond acceptors (Lipinski definition) is 5. The average Bonchev–Trinajstić information content (AvgIpc) is 2.61. The smallest absolute Gasteiger partial charge is 0.274 e. The van der Waals surface area contributed by atoms with Crippen molar-refractivity contribution in [2.45, 2.75) is 26.3 Å². The molecule has 0 atom stereocenters. The van der Waals surface area contributed by atoms with E-state index in [0.717, 1.165) is 31.6 Å². The SMILES string of the molecule is CC1CCN(C(=O)c2cnc(NCc3ccccn3)cn2)CC1. The summed E-state index contributed by atoms with van der Waals surface area (Å²) in [5.41, 5.74) is 1.33. The van der Waals surface area contributed by atoms with Gasteiger partial charge in [0.05, 0.1) is 24.6 Å². The third-order valence-electron chi connectivity index (χ3n) is 4.12. The summed E-state index contributed by atoms with van der Waals surface area (Å²) < 4.78 is 0. The van der Waals surface area contributed by atoms with Crippen LogP contribution in [-0.2, 0) is 6.54 Å². The molecule has 0 unspecified atom stereocenters. The largest absolute Gasteiger partial charge is 0.363 e. The van der Waals surface area contributed by atoms with E-state index < -0.39 is 0 Å². The second-order valence-electron chi connectivity index (χ2n) is 5.94. The van der Waals surface area contributed by atoms with Gasteiger partial charge in [0.15, 0.2) is 0 Å². The molecule has 6 heteroatoms. The Kier molecular flexibility index (Phi) is 4.80. The van der Waals surface area contributed by atoms with Crippen molar-refractivity contribution in [1.29, 1.82) is 0 Å². The molecule has 120 valence electrons. The number of carbonyl (C=O) groups is 1. The van der Waals surface area contributed by atoms with Gasteiger partial charge in [0.2, 0.25) is 0 Å². The maximum Gasteiger partial charge on any atom is 0.274 e. The number of pyridine rings is 1. The van der Waals surface area contributed by atoms with E-state index in [2.05, 4.69) is 27.2 Å². The van der Waals surface area contributed by atoms with Crippen molar-refractivity contribution in [3.05, 3.63) is 48.2 Å². The number of amides is 1. The number of aromatic nitrogens is 3. The molecule has 1 aliphatic heterocycles. The van der Waals surface area contributed by atoms with Gasteiger partial charge in [-0.15, -0.1) is 0 Å². The predicted molar refractivity (Wildman–Crippen MR) is 87.9 cm³/mol. The van der Waals surface area contributed by atoms with Crippen LogP contribution in [0.2, 0.25) is 0 Å². The van der Waals surface area contributed by atoms with Crippen LogP contribution in [0, 0.1) is 5.92 Å². The lowest BCUT2D eigenvalue weighted by Gasteiger charge is -2.29. The molecular formula is C17H21N5O. The molecule has 1 fully saturated rings. The molecule has 0 aromatic carbocycles. The van der Waals surface area contributed by atoms with Crippen molar-refractivity contribution in [2.75, 3.05) is 18.4 Å². The molecular weight excluding hydrogens is 290 g/mol. The zero-order valence-electron chi connectivity index (χ0n) is 13.3. The minimum Gasteiger partial charge on any atom is -0.363 e. The van der Waals surface area contributed by atoms with E-state index in [1.165, 1.54) is 0 Å². The van der Waals surface area contributed by atoms with Gasteiger partial charge in [-0.2, -0.15) is 0 Å². The molecule has 0 spiro atoms. The average molecular weight is 311 g/mol. The van der Waals surface area contributed by atoms with Crippen LogP contribution in [-0.4, -0.2) is 38.8 Å². The molecule has 1 aliphatic rings. The monoisotopic (exact) mass is 311 g/mol. The third-order valence-corrected chi connectivity index (χ3v) is 4.12. The highest BCUT2D eigenvalue weighted by atomic mass is 16.2. The van der Waals surface area contributed by atoms with Crippen LogP contribution < -0.4 is 5.32 Å². The van der Waals surface area contributed by atoms with Crippen molar-refractivity contribution in [3.8, 4) is 0 Å². The molecule has 0 saturated carbocycles. The summed E-state index contributed by atoms with van der Waals surface area (Å²) >= 11 is 0. The molecule has 0 aliphatic carbocycles. The van der Waals surface area contributed by atoms with Gasteiger partial charge in [-0.25, -0.2) is 9.97 Å². The summed E-state index contributed by atoms with van der Waals surface area (Å²) in [4.78, 5) is 27.0. The van der Waals surface area contributed by atoms with Crippen LogP contribution >= 0.6 is 0 Å². The molecule has 1 N–H and O–H groups in total. The number of nitrogens with zero attached hydrogens (tertiary/aromatic N) is 4. The number of hydrogen-bond donors (Lipinski definition) is 1. The maximum absolute atomic E-state index is 12.4. The molecule has 0 radical (unpaired) electrons. The minimum atomic E-state index is -0.0272. The number of anilines is 1. The molecule has 2 aromatic rings. The van der Waals surface area contributed by atoms with E-state index in [-0.39, 0.29) is 5.91 Å². The summed E-state index contributed by atoms with van der Waals surface area (Å²) in [6.07, 6.45) is 7.01. The van der Waals surface area contributed by atoms with E-state index >= 15 is 0 Å². The normalized spacial score (nSPS) is 15.4. The highest BCUT2D eigenvalue weighted by Crippen LogP contribution is 2.17. The fourth-order valence-electron chi connectivity index (χ4n) is 2.59. The van der Waals surface area contributed by atoms with Gasteiger partial charge >= 0.3 is 0 Å². The summed E-state index contributed by atoms with van der Waals surface area (Å²) in [5.74, 6) is 1.31. The zero-order chi connectivity index (χ0) is 16.1. The summed E-state index contributed by atoms with van der Waals surface area (Å²) in [5, 5.41) is 3.15. The number of piperidine rings is 1. The quantitative estimate of drug-likeness (QED) is 0.938. The topological polar surface area (TPSA) is 71.0 Å². The second-order valence-corrected chi connectivity index (χ2v) is 5.94. The standard InChI is InChI=1S/C17H21N5O/c1-13-5-8-22(9-6-13)17(23)15-11-21-16(12-19-15)20-10-14-4-2-3-7-18-14/h2-4,7,11-13H,5-6,8-10H2,1H3,(H,20,21). The Morgan fingerprint density at radius 1 is 1.22 bits per heavy atom. The highest BCUT2D eigenvalue weighted by molar-refractivity contribution is 5.92. The lowest BCUT2D eigenvalue weighted by Crippen LogP contribution is -2.38. The number of carbonyl (C=O) groups excluding carboxylic acids is 1. The Bertz CT molecular complexity index is 636.